The van der Waals surface area contributed by atoms with E-state index in [0.29, 0.717) is 0 Å². The van der Waals surface area contributed by atoms with E-state index in [1.807, 2.05) is 36.0 Å². The van der Waals surface area contributed by atoms with Crippen molar-refractivity contribution in [2.24, 2.45) is 0 Å². The molecule has 1 heterocycles. The minimum atomic E-state index is 0.853. The molecule has 2 nitrogen and oxygen atoms in total. The molecule has 3 heteroatoms. The highest BCUT2D eigenvalue weighted by molar-refractivity contribution is 7.98. The minimum Gasteiger partial charge on any atom is -0.468 e. The SMILES string of the molecule is Nc1cccc(CCCSCc2ccco2)c1. The van der Waals surface area contributed by atoms with Crippen molar-refractivity contribution in [1.29, 1.82) is 0 Å². The lowest BCUT2D eigenvalue weighted by molar-refractivity contribution is 0.530. The number of nitrogen functional groups attached to an aromatic ring is 1. The lowest BCUT2D eigenvalue weighted by atomic mass is 10.1. The van der Waals surface area contributed by atoms with Gasteiger partial charge in [-0.25, -0.2) is 0 Å². The van der Waals surface area contributed by atoms with Crippen LogP contribution >= 0.6 is 11.8 Å². The van der Waals surface area contributed by atoms with Crippen LogP contribution < -0.4 is 5.73 Å². The number of benzene rings is 1. The molecule has 2 rings (SSSR count). The lowest BCUT2D eigenvalue weighted by Crippen LogP contribution is -1.91. The van der Waals surface area contributed by atoms with Crippen LogP contribution in [0.3, 0.4) is 0 Å². The minimum absolute atomic E-state index is 0.853. The maximum atomic E-state index is 5.74. The largest absolute Gasteiger partial charge is 0.468 e. The number of anilines is 1. The zero-order chi connectivity index (χ0) is 11.9. The van der Waals surface area contributed by atoms with Gasteiger partial charge in [-0.15, -0.1) is 0 Å². The van der Waals surface area contributed by atoms with Gasteiger partial charge in [-0.3, -0.25) is 0 Å². The Morgan fingerprint density at radius 1 is 1.18 bits per heavy atom. The predicted octanol–water partition coefficient (Wildman–Crippen LogP) is 3.73. The molecule has 2 aromatic rings. The van der Waals surface area contributed by atoms with E-state index in [9.17, 15) is 0 Å². The highest BCUT2D eigenvalue weighted by Crippen LogP contribution is 2.15. The molecule has 0 aliphatic heterocycles. The van der Waals surface area contributed by atoms with Crippen LogP contribution in [0.1, 0.15) is 17.7 Å². The summed E-state index contributed by atoms with van der Waals surface area (Å²) < 4.78 is 5.28. The molecule has 0 aliphatic rings. The molecule has 0 unspecified atom stereocenters. The van der Waals surface area contributed by atoms with E-state index in [1.165, 1.54) is 12.0 Å². The Bertz CT molecular complexity index is 439. The summed E-state index contributed by atoms with van der Waals surface area (Å²) in [6.45, 7) is 0. The fourth-order valence-corrected chi connectivity index (χ4v) is 2.55. The quantitative estimate of drug-likeness (QED) is 0.624. The number of hydrogen-bond acceptors (Lipinski definition) is 3. The van der Waals surface area contributed by atoms with Crippen LogP contribution in [0.25, 0.3) is 0 Å². The monoisotopic (exact) mass is 247 g/mol. The second-order valence-corrected chi connectivity index (χ2v) is 5.09. The first-order valence-corrected chi connectivity index (χ1v) is 6.94. The number of hydrogen-bond donors (Lipinski definition) is 1. The first-order chi connectivity index (χ1) is 8.34. The molecule has 0 aliphatic carbocycles. The van der Waals surface area contributed by atoms with Crippen molar-refractivity contribution in [2.75, 3.05) is 11.5 Å². The molecule has 0 amide bonds. The van der Waals surface area contributed by atoms with Crippen molar-refractivity contribution in [1.82, 2.24) is 0 Å². The molecule has 0 atom stereocenters. The van der Waals surface area contributed by atoms with Gasteiger partial charge in [-0.2, -0.15) is 11.8 Å². The van der Waals surface area contributed by atoms with Gasteiger partial charge >= 0.3 is 0 Å². The molecule has 0 spiro atoms. The Labute approximate surface area is 106 Å². The Morgan fingerprint density at radius 3 is 2.88 bits per heavy atom. The van der Waals surface area contributed by atoms with Gasteiger partial charge in [-0.05, 0) is 48.4 Å². The summed E-state index contributed by atoms with van der Waals surface area (Å²) in [7, 11) is 0. The van der Waals surface area contributed by atoms with Gasteiger partial charge in [0, 0.05) is 5.69 Å². The van der Waals surface area contributed by atoms with Gasteiger partial charge in [0.05, 0.1) is 12.0 Å². The van der Waals surface area contributed by atoms with Crippen LogP contribution in [0.15, 0.2) is 47.1 Å². The summed E-state index contributed by atoms with van der Waals surface area (Å²) in [6.07, 6.45) is 3.99. The molecule has 0 bridgehead atoms. The number of nitrogens with two attached hydrogens (primary N) is 1. The smallest absolute Gasteiger partial charge is 0.113 e. The molecular weight excluding hydrogens is 230 g/mol. The maximum absolute atomic E-state index is 5.74. The van der Waals surface area contributed by atoms with Gasteiger partial charge in [-0.1, -0.05) is 12.1 Å². The Hall–Kier alpha value is -1.35. The van der Waals surface area contributed by atoms with E-state index in [1.54, 1.807) is 6.26 Å². The third kappa shape index (κ3) is 4.19. The predicted molar refractivity (Wildman–Crippen MR) is 74.0 cm³/mol. The molecule has 0 saturated carbocycles. The first kappa shape index (κ1) is 12.1. The topological polar surface area (TPSA) is 39.2 Å². The summed E-state index contributed by atoms with van der Waals surface area (Å²) in [5.41, 5.74) is 7.91. The Morgan fingerprint density at radius 2 is 2.12 bits per heavy atom. The van der Waals surface area contributed by atoms with Crippen LogP contribution in [0, 0.1) is 0 Å². The average Bonchev–Trinajstić information content (AvgIpc) is 2.82. The van der Waals surface area contributed by atoms with Crippen LogP contribution in [0.4, 0.5) is 5.69 Å². The zero-order valence-corrected chi connectivity index (χ0v) is 10.6. The molecule has 90 valence electrons. The van der Waals surface area contributed by atoms with Crippen LogP contribution in [-0.2, 0) is 12.2 Å². The van der Waals surface area contributed by atoms with Crippen molar-refractivity contribution >= 4 is 17.4 Å². The molecule has 1 aromatic carbocycles. The zero-order valence-electron chi connectivity index (χ0n) is 9.76. The number of thioether (sulfide) groups is 1. The van der Waals surface area contributed by atoms with Crippen molar-refractivity contribution in [2.45, 2.75) is 18.6 Å². The van der Waals surface area contributed by atoms with E-state index < -0.39 is 0 Å². The fourth-order valence-electron chi connectivity index (χ4n) is 1.69. The average molecular weight is 247 g/mol. The summed E-state index contributed by atoms with van der Waals surface area (Å²) >= 11 is 1.91. The van der Waals surface area contributed by atoms with Crippen LogP contribution in [-0.4, -0.2) is 5.75 Å². The van der Waals surface area contributed by atoms with E-state index in [0.717, 1.165) is 29.4 Å². The molecule has 1 aromatic heterocycles. The summed E-state index contributed by atoms with van der Waals surface area (Å²) in [5, 5.41) is 0. The first-order valence-electron chi connectivity index (χ1n) is 5.79. The highest BCUT2D eigenvalue weighted by atomic mass is 32.2. The summed E-state index contributed by atoms with van der Waals surface area (Å²) in [4.78, 5) is 0. The number of rotatable bonds is 6. The number of furan rings is 1. The van der Waals surface area contributed by atoms with Gasteiger partial charge in [0.1, 0.15) is 5.76 Å². The van der Waals surface area contributed by atoms with E-state index in [2.05, 4.69) is 12.1 Å². The normalized spacial score (nSPS) is 10.6. The summed E-state index contributed by atoms with van der Waals surface area (Å²) in [5.74, 6) is 3.17. The van der Waals surface area contributed by atoms with Crippen LogP contribution in [0.2, 0.25) is 0 Å². The van der Waals surface area contributed by atoms with Crippen molar-refractivity contribution in [3.8, 4) is 0 Å². The van der Waals surface area contributed by atoms with Crippen molar-refractivity contribution < 1.29 is 4.42 Å². The molecular formula is C14H17NOS. The summed E-state index contributed by atoms with van der Waals surface area (Å²) in [6, 6.07) is 12.1. The van der Waals surface area contributed by atoms with E-state index >= 15 is 0 Å². The van der Waals surface area contributed by atoms with Gasteiger partial charge in [0.25, 0.3) is 0 Å². The maximum Gasteiger partial charge on any atom is 0.113 e. The second kappa shape index (κ2) is 6.40. The van der Waals surface area contributed by atoms with Gasteiger partial charge in [0.2, 0.25) is 0 Å². The second-order valence-electron chi connectivity index (χ2n) is 3.98. The van der Waals surface area contributed by atoms with E-state index in [-0.39, 0.29) is 0 Å². The Kier molecular flexibility index (Phi) is 4.56. The van der Waals surface area contributed by atoms with Gasteiger partial charge < -0.3 is 10.2 Å². The molecule has 0 radical (unpaired) electrons. The highest BCUT2D eigenvalue weighted by Gasteiger charge is 1.97. The third-order valence-corrected chi connectivity index (χ3v) is 3.60. The Balaban J connectivity index is 1.63. The lowest BCUT2D eigenvalue weighted by Gasteiger charge is -2.02. The molecule has 2 N–H and O–H groups in total. The third-order valence-electron chi connectivity index (χ3n) is 2.53. The fraction of sp³-hybridized carbons (Fsp3) is 0.286. The van der Waals surface area contributed by atoms with Crippen molar-refractivity contribution in [3.63, 3.8) is 0 Å². The number of aryl methyl sites for hydroxylation is 1. The molecule has 17 heavy (non-hydrogen) atoms. The standard InChI is InChI=1S/C14H17NOS/c15-13-6-1-4-12(10-13)5-3-9-17-11-14-7-2-8-16-14/h1-2,4,6-8,10H,3,5,9,11,15H2. The van der Waals surface area contributed by atoms with Crippen molar-refractivity contribution in [3.05, 3.63) is 54.0 Å². The van der Waals surface area contributed by atoms with Crippen LogP contribution in [0.5, 0.6) is 0 Å². The van der Waals surface area contributed by atoms with E-state index in [4.69, 9.17) is 10.2 Å². The van der Waals surface area contributed by atoms with Gasteiger partial charge in [0.15, 0.2) is 0 Å². The molecule has 0 fully saturated rings. The molecule has 0 saturated heterocycles.